The second-order valence-corrected chi connectivity index (χ2v) is 8.23. The normalized spacial score (nSPS) is 25.4. The van der Waals surface area contributed by atoms with Gasteiger partial charge in [0.05, 0.1) is 17.3 Å². The smallest absolute Gasteiger partial charge is 0.307 e. The zero-order valence-corrected chi connectivity index (χ0v) is 13.8. The molecule has 6 nitrogen and oxygen atoms in total. The van der Waals surface area contributed by atoms with Gasteiger partial charge in [-0.05, 0) is 49.3 Å². The van der Waals surface area contributed by atoms with Crippen molar-refractivity contribution < 1.29 is 23.1 Å². The molecular formula is C16H21NO5S. The number of hydrogen-bond acceptors (Lipinski definition) is 4. The number of carboxylic acid groups (broad SMARTS) is 1. The van der Waals surface area contributed by atoms with Crippen LogP contribution >= 0.6 is 0 Å². The Labute approximate surface area is 135 Å². The molecule has 1 aromatic carbocycles. The predicted octanol–water partition coefficient (Wildman–Crippen LogP) is 2.19. The number of carboxylic acids is 1. The minimum atomic E-state index is -3.48. The lowest BCUT2D eigenvalue weighted by atomic mass is 9.82. The molecule has 23 heavy (non-hydrogen) atoms. The third-order valence-electron chi connectivity index (χ3n) is 4.87. The van der Waals surface area contributed by atoms with Crippen LogP contribution < -0.4 is 4.72 Å². The van der Waals surface area contributed by atoms with Crippen LogP contribution in [0.5, 0.6) is 0 Å². The van der Waals surface area contributed by atoms with Gasteiger partial charge in [0.25, 0.3) is 0 Å². The van der Waals surface area contributed by atoms with Crippen molar-refractivity contribution in [2.75, 3.05) is 17.6 Å². The minimum absolute atomic E-state index is 0.0397. The molecule has 0 bridgehead atoms. The van der Waals surface area contributed by atoms with Gasteiger partial charge < -0.3 is 9.84 Å². The van der Waals surface area contributed by atoms with E-state index in [2.05, 4.69) is 4.72 Å². The van der Waals surface area contributed by atoms with Crippen LogP contribution in [0.2, 0.25) is 0 Å². The number of nitrogens with one attached hydrogen (secondary N) is 1. The van der Waals surface area contributed by atoms with Gasteiger partial charge in [-0.1, -0.05) is 12.1 Å². The molecule has 2 aliphatic rings. The summed E-state index contributed by atoms with van der Waals surface area (Å²) in [5.41, 5.74) is 0.883. The molecule has 0 spiro atoms. The molecule has 126 valence electrons. The third kappa shape index (κ3) is 3.50. The highest BCUT2D eigenvalue weighted by atomic mass is 32.2. The Morgan fingerprint density at radius 2 is 2.00 bits per heavy atom. The SMILES string of the molecule is COC1(CS(=O)(=O)Nc2ccc([C@@H]3C[C@H]3C(=O)O)cc2)CCC1. The van der Waals surface area contributed by atoms with Gasteiger partial charge in [-0.25, -0.2) is 8.42 Å². The summed E-state index contributed by atoms with van der Waals surface area (Å²) in [7, 11) is -1.92. The van der Waals surface area contributed by atoms with Gasteiger partial charge in [-0.15, -0.1) is 0 Å². The Hall–Kier alpha value is -1.60. The molecule has 0 aromatic heterocycles. The Kier molecular flexibility index (Phi) is 4.10. The Bertz CT molecular complexity index is 688. The van der Waals surface area contributed by atoms with Crippen molar-refractivity contribution in [2.24, 2.45) is 5.92 Å². The number of methoxy groups -OCH3 is 1. The maximum Gasteiger partial charge on any atom is 0.307 e. The van der Waals surface area contributed by atoms with Crippen molar-refractivity contribution in [2.45, 2.75) is 37.2 Å². The van der Waals surface area contributed by atoms with Crippen LogP contribution in [0.15, 0.2) is 24.3 Å². The lowest BCUT2D eigenvalue weighted by Crippen LogP contribution is -2.46. The first-order valence-corrected chi connectivity index (χ1v) is 9.38. The summed E-state index contributed by atoms with van der Waals surface area (Å²) >= 11 is 0. The Morgan fingerprint density at radius 1 is 1.35 bits per heavy atom. The van der Waals surface area contributed by atoms with Gasteiger partial charge in [0.2, 0.25) is 10.0 Å². The first-order chi connectivity index (χ1) is 10.8. The van der Waals surface area contributed by atoms with E-state index in [-0.39, 0.29) is 17.6 Å². The molecule has 2 aliphatic carbocycles. The molecule has 0 amide bonds. The van der Waals surface area contributed by atoms with Crippen LogP contribution in [0.1, 0.15) is 37.2 Å². The summed E-state index contributed by atoms with van der Waals surface area (Å²) < 4.78 is 32.5. The van der Waals surface area contributed by atoms with Crippen molar-refractivity contribution in [3.63, 3.8) is 0 Å². The van der Waals surface area contributed by atoms with Gasteiger partial charge in [-0.2, -0.15) is 0 Å². The molecule has 0 aliphatic heterocycles. The summed E-state index contributed by atoms with van der Waals surface area (Å²) in [4.78, 5) is 10.9. The van der Waals surface area contributed by atoms with E-state index in [0.29, 0.717) is 12.1 Å². The lowest BCUT2D eigenvalue weighted by molar-refractivity contribution is -0.138. The molecule has 7 heteroatoms. The number of carbonyl (C=O) groups is 1. The molecule has 2 fully saturated rings. The fraction of sp³-hybridized carbons (Fsp3) is 0.562. The van der Waals surface area contributed by atoms with Crippen LogP contribution in [0.25, 0.3) is 0 Å². The molecule has 1 aromatic rings. The van der Waals surface area contributed by atoms with Crippen LogP contribution in [0.3, 0.4) is 0 Å². The van der Waals surface area contributed by atoms with E-state index in [1.807, 2.05) is 0 Å². The second kappa shape index (κ2) is 5.79. The van der Waals surface area contributed by atoms with Crippen molar-refractivity contribution in [3.05, 3.63) is 29.8 Å². The molecule has 0 heterocycles. The summed E-state index contributed by atoms with van der Waals surface area (Å²) in [5, 5.41) is 8.95. The molecule has 3 rings (SSSR count). The van der Waals surface area contributed by atoms with Crippen LogP contribution in [0.4, 0.5) is 5.69 Å². The average Bonchev–Trinajstić information content (AvgIpc) is 3.24. The second-order valence-electron chi connectivity index (χ2n) is 6.51. The van der Waals surface area contributed by atoms with Crippen molar-refractivity contribution in [3.8, 4) is 0 Å². The minimum Gasteiger partial charge on any atom is -0.481 e. The number of benzene rings is 1. The van der Waals surface area contributed by atoms with E-state index in [1.54, 1.807) is 31.4 Å². The van der Waals surface area contributed by atoms with Crippen LogP contribution in [-0.2, 0) is 19.6 Å². The van der Waals surface area contributed by atoms with Gasteiger partial charge in [0, 0.05) is 12.8 Å². The summed E-state index contributed by atoms with van der Waals surface area (Å²) in [6.45, 7) is 0. The van der Waals surface area contributed by atoms with Crippen LogP contribution in [-0.4, -0.2) is 38.0 Å². The molecule has 2 atom stereocenters. The molecule has 0 unspecified atom stereocenters. The number of sulfonamides is 1. The largest absolute Gasteiger partial charge is 0.481 e. The van der Waals surface area contributed by atoms with Gasteiger partial charge in [0.1, 0.15) is 0 Å². The first-order valence-electron chi connectivity index (χ1n) is 7.73. The predicted molar refractivity (Wildman–Crippen MR) is 85.9 cm³/mol. The standard InChI is InChI=1S/C16H21NO5S/c1-22-16(7-2-8-16)10-23(20,21)17-12-5-3-11(4-6-12)13-9-14(13)15(18)19/h3-6,13-14,17H,2,7-10H2,1H3,(H,18,19)/t13-,14+/m0/s1. The number of ether oxygens (including phenoxy) is 1. The van der Waals surface area contributed by atoms with Gasteiger partial charge in [-0.3, -0.25) is 9.52 Å². The third-order valence-corrected chi connectivity index (χ3v) is 6.32. The first kappa shape index (κ1) is 16.3. The summed E-state index contributed by atoms with van der Waals surface area (Å²) in [6, 6.07) is 6.95. The fourth-order valence-corrected chi connectivity index (χ4v) is 4.84. The zero-order chi connectivity index (χ0) is 16.7. The lowest BCUT2D eigenvalue weighted by Gasteiger charge is -2.39. The van der Waals surface area contributed by atoms with Crippen molar-refractivity contribution in [1.82, 2.24) is 0 Å². The quantitative estimate of drug-likeness (QED) is 0.794. The zero-order valence-electron chi connectivity index (χ0n) is 13.0. The maximum atomic E-state index is 12.3. The maximum absolute atomic E-state index is 12.3. The Balaban J connectivity index is 1.63. The molecule has 2 N–H and O–H groups in total. The van der Waals surface area contributed by atoms with E-state index in [1.165, 1.54) is 0 Å². The number of rotatable bonds is 7. The highest BCUT2D eigenvalue weighted by Gasteiger charge is 2.44. The average molecular weight is 339 g/mol. The van der Waals surface area contributed by atoms with E-state index in [9.17, 15) is 13.2 Å². The fourth-order valence-electron chi connectivity index (χ4n) is 3.18. The summed E-state index contributed by atoms with van der Waals surface area (Å²) in [5.74, 6) is -1.07. The van der Waals surface area contributed by atoms with Gasteiger partial charge >= 0.3 is 5.97 Å². The summed E-state index contributed by atoms with van der Waals surface area (Å²) in [6.07, 6.45) is 3.17. The number of anilines is 1. The highest BCUT2D eigenvalue weighted by Crippen LogP contribution is 2.47. The molecule has 0 radical (unpaired) electrons. The molecule has 2 saturated carbocycles. The van der Waals surface area contributed by atoms with Gasteiger partial charge in [0.15, 0.2) is 0 Å². The number of hydrogen-bond donors (Lipinski definition) is 2. The van der Waals surface area contributed by atoms with E-state index < -0.39 is 21.6 Å². The molecule has 0 saturated heterocycles. The van der Waals surface area contributed by atoms with E-state index >= 15 is 0 Å². The number of aliphatic carboxylic acids is 1. The molecular weight excluding hydrogens is 318 g/mol. The van der Waals surface area contributed by atoms with Crippen molar-refractivity contribution >= 4 is 21.7 Å². The van der Waals surface area contributed by atoms with Crippen LogP contribution in [0, 0.1) is 5.92 Å². The monoisotopic (exact) mass is 339 g/mol. The van der Waals surface area contributed by atoms with E-state index in [4.69, 9.17) is 9.84 Å². The topological polar surface area (TPSA) is 92.7 Å². The highest BCUT2D eigenvalue weighted by molar-refractivity contribution is 7.92. The Morgan fingerprint density at radius 3 is 2.43 bits per heavy atom. The van der Waals surface area contributed by atoms with E-state index in [0.717, 1.165) is 24.8 Å². The van der Waals surface area contributed by atoms with Crippen molar-refractivity contribution in [1.29, 1.82) is 0 Å².